The van der Waals surface area contributed by atoms with E-state index in [9.17, 15) is 22.4 Å². The Kier molecular flexibility index (Phi) is 6.83. The fourth-order valence-electron chi connectivity index (χ4n) is 2.97. The van der Waals surface area contributed by atoms with Gasteiger partial charge in [0.15, 0.2) is 16.7 Å². The number of aromatic nitrogens is 3. The monoisotopic (exact) mass is 502 g/mol. The average Bonchev–Trinajstić information content (AvgIpc) is 3.45. The number of aliphatic imine (C=N–C) groups is 1. The number of carbonyl (C=O) groups is 1. The summed E-state index contributed by atoms with van der Waals surface area (Å²) in [4.78, 5) is 20.6. The molecule has 4 rings (SSSR count). The van der Waals surface area contributed by atoms with Crippen molar-refractivity contribution < 1.29 is 27.1 Å². The normalized spacial score (nSPS) is 15.9. The SMILES string of the molecule is N#Cc1ccc(Oc2ccc(/C=C3/SC(=NCCn4cncn4)NC3=O)cc2F)c(C(F)(F)F)c1. The van der Waals surface area contributed by atoms with Gasteiger partial charge in [-0.2, -0.15) is 23.5 Å². The first kappa shape index (κ1) is 24.0. The highest BCUT2D eigenvalue weighted by Crippen LogP contribution is 2.39. The summed E-state index contributed by atoms with van der Waals surface area (Å²) in [5.74, 6) is -2.43. The molecule has 0 bridgehead atoms. The third-order valence-electron chi connectivity index (χ3n) is 4.59. The maximum Gasteiger partial charge on any atom is 0.420 e. The Morgan fingerprint density at radius 2 is 2.03 bits per heavy atom. The van der Waals surface area contributed by atoms with Gasteiger partial charge in [0, 0.05) is 0 Å². The summed E-state index contributed by atoms with van der Waals surface area (Å²) in [6, 6.07) is 7.94. The zero-order chi connectivity index (χ0) is 25.0. The number of thioether (sulfide) groups is 1. The fourth-order valence-corrected chi connectivity index (χ4v) is 3.82. The molecule has 0 atom stereocenters. The summed E-state index contributed by atoms with van der Waals surface area (Å²) in [5.41, 5.74) is -1.11. The van der Waals surface area contributed by atoms with Crippen molar-refractivity contribution in [1.82, 2.24) is 20.1 Å². The van der Waals surface area contributed by atoms with Crippen LogP contribution in [0.15, 0.2) is 59.0 Å². The lowest BCUT2D eigenvalue weighted by Gasteiger charge is -2.14. The average molecular weight is 502 g/mol. The molecule has 0 aliphatic carbocycles. The minimum Gasteiger partial charge on any atom is -0.454 e. The van der Waals surface area contributed by atoms with Crippen LogP contribution < -0.4 is 10.1 Å². The second-order valence-electron chi connectivity index (χ2n) is 7.02. The molecule has 0 saturated carbocycles. The van der Waals surface area contributed by atoms with Crippen LogP contribution in [0.3, 0.4) is 0 Å². The predicted octanol–water partition coefficient (Wildman–Crippen LogP) is 4.36. The van der Waals surface area contributed by atoms with Crippen LogP contribution in [0.25, 0.3) is 6.08 Å². The minimum absolute atomic E-state index is 0.208. The molecule has 0 unspecified atom stereocenters. The van der Waals surface area contributed by atoms with Crippen LogP contribution in [-0.4, -0.2) is 32.4 Å². The Bertz CT molecular complexity index is 1360. The third-order valence-corrected chi connectivity index (χ3v) is 5.54. The van der Waals surface area contributed by atoms with Gasteiger partial charge in [0.05, 0.1) is 35.2 Å². The smallest absolute Gasteiger partial charge is 0.420 e. The predicted molar refractivity (Wildman–Crippen MR) is 119 cm³/mol. The van der Waals surface area contributed by atoms with Gasteiger partial charge in [-0.1, -0.05) is 6.07 Å². The van der Waals surface area contributed by atoms with Crippen molar-refractivity contribution in [3.8, 4) is 17.6 Å². The highest BCUT2D eigenvalue weighted by Gasteiger charge is 2.35. The summed E-state index contributed by atoms with van der Waals surface area (Å²) in [6.45, 7) is 0.829. The molecule has 1 saturated heterocycles. The molecule has 35 heavy (non-hydrogen) atoms. The number of nitrogens with one attached hydrogen (secondary N) is 1. The molecule has 178 valence electrons. The molecule has 1 aliphatic rings. The van der Waals surface area contributed by atoms with E-state index < -0.39 is 35.0 Å². The molecule has 1 aromatic heterocycles. The van der Waals surface area contributed by atoms with Crippen molar-refractivity contribution in [3.63, 3.8) is 0 Å². The lowest BCUT2D eigenvalue weighted by Crippen LogP contribution is -2.20. The Balaban J connectivity index is 1.48. The fraction of sp³-hybridized carbons (Fsp3) is 0.136. The summed E-state index contributed by atoms with van der Waals surface area (Å²) < 4.78 is 61.4. The standard InChI is InChI=1S/C22H14F4N6O2S/c23-16-8-13(9-19-20(33)31-21(35-19)29-5-6-32-12-28-11-30-32)1-4-18(16)34-17-3-2-14(10-27)7-15(17)22(24,25)26/h1-4,7-9,11-12H,5-6H2,(H,29,31,33)/b19-9+. The van der Waals surface area contributed by atoms with Gasteiger partial charge in [-0.25, -0.2) is 9.37 Å². The summed E-state index contributed by atoms with van der Waals surface area (Å²) in [5, 5.41) is 15.8. The van der Waals surface area contributed by atoms with Gasteiger partial charge in [0.1, 0.15) is 18.4 Å². The van der Waals surface area contributed by atoms with Crippen molar-refractivity contribution in [3.05, 3.63) is 76.5 Å². The number of nitriles is 1. The number of amidine groups is 1. The van der Waals surface area contributed by atoms with Gasteiger partial charge in [0.25, 0.3) is 5.91 Å². The van der Waals surface area contributed by atoms with Crippen molar-refractivity contribution >= 4 is 28.9 Å². The van der Waals surface area contributed by atoms with Crippen LogP contribution in [0, 0.1) is 17.1 Å². The van der Waals surface area contributed by atoms with E-state index in [1.807, 2.05) is 0 Å². The van der Waals surface area contributed by atoms with E-state index in [4.69, 9.17) is 10.00 Å². The molecule has 0 radical (unpaired) electrons. The number of hydrogen-bond donors (Lipinski definition) is 1. The second-order valence-corrected chi connectivity index (χ2v) is 8.05. The summed E-state index contributed by atoms with van der Waals surface area (Å²) in [7, 11) is 0. The van der Waals surface area contributed by atoms with Crippen LogP contribution in [0.4, 0.5) is 17.6 Å². The molecular weight excluding hydrogens is 488 g/mol. The molecule has 13 heteroatoms. The molecule has 1 N–H and O–H groups in total. The van der Waals surface area contributed by atoms with Crippen LogP contribution in [-0.2, 0) is 17.5 Å². The second kappa shape index (κ2) is 9.98. The Morgan fingerprint density at radius 3 is 2.71 bits per heavy atom. The maximum atomic E-state index is 14.6. The quantitative estimate of drug-likeness (QED) is 0.397. The first-order valence-corrected chi connectivity index (χ1v) is 10.7. The number of nitrogens with zero attached hydrogens (tertiary/aromatic N) is 5. The number of rotatable bonds is 6. The van der Waals surface area contributed by atoms with E-state index in [2.05, 4.69) is 20.4 Å². The Hall–Kier alpha value is -4.18. The lowest BCUT2D eigenvalue weighted by molar-refractivity contribution is -0.138. The van der Waals surface area contributed by atoms with Crippen LogP contribution in [0.5, 0.6) is 11.5 Å². The van der Waals surface area contributed by atoms with E-state index in [0.29, 0.717) is 29.9 Å². The Labute approximate surface area is 199 Å². The molecule has 3 aromatic rings. The van der Waals surface area contributed by atoms with Gasteiger partial charge in [-0.15, -0.1) is 0 Å². The summed E-state index contributed by atoms with van der Waals surface area (Å²) in [6.07, 6.45) is -0.436. The number of hydrogen-bond acceptors (Lipinski definition) is 7. The molecule has 1 amide bonds. The van der Waals surface area contributed by atoms with Crippen LogP contribution in [0.2, 0.25) is 0 Å². The van der Waals surface area contributed by atoms with Crippen LogP contribution in [0.1, 0.15) is 16.7 Å². The van der Waals surface area contributed by atoms with E-state index in [-0.39, 0.29) is 10.5 Å². The van der Waals surface area contributed by atoms with E-state index in [0.717, 1.165) is 36.0 Å². The molecule has 0 spiro atoms. The maximum absolute atomic E-state index is 14.6. The largest absolute Gasteiger partial charge is 0.454 e. The van der Waals surface area contributed by atoms with Gasteiger partial charge >= 0.3 is 6.18 Å². The van der Waals surface area contributed by atoms with Gasteiger partial charge in [0.2, 0.25) is 0 Å². The Morgan fingerprint density at radius 1 is 1.23 bits per heavy atom. The summed E-state index contributed by atoms with van der Waals surface area (Å²) >= 11 is 1.07. The number of amides is 1. The highest BCUT2D eigenvalue weighted by atomic mass is 32.2. The van der Waals surface area contributed by atoms with Crippen molar-refractivity contribution in [1.29, 1.82) is 5.26 Å². The number of alkyl halides is 3. The number of carbonyl (C=O) groups excluding carboxylic acids is 1. The zero-order valence-electron chi connectivity index (χ0n) is 17.6. The minimum atomic E-state index is -4.80. The topological polar surface area (TPSA) is 105 Å². The molecule has 2 aromatic carbocycles. The first-order chi connectivity index (χ1) is 16.7. The first-order valence-electron chi connectivity index (χ1n) is 9.89. The molecule has 1 aliphatic heterocycles. The highest BCUT2D eigenvalue weighted by molar-refractivity contribution is 8.18. The molecule has 8 nitrogen and oxygen atoms in total. The van der Waals surface area contributed by atoms with Gasteiger partial charge < -0.3 is 10.1 Å². The third kappa shape index (κ3) is 5.85. The van der Waals surface area contributed by atoms with Gasteiger partial charge in [-0.05, 0) is 53.7 Å². The van der Waals surface area contributed by atoms with Crippen molar-refractivity contribution in [2.24, 2.45) is 4.99 Å². The molecule has 2 heterocycles. The van der Waals surface area contributed by atoms with E-state index in [1.165, 1.54) is 18.5 Å². The van der Waals surface area contributed by atoms with E-state index in [1.54, 1.807) is 17.1 Å². The van der Waals surface area contributed by atoms with Crippen LogP contribution >= 0.6 is 11.8 Å². The zero-order valence-corrected chi connectivity index (χ0v) is 18.4. The van der Waals surface area contributed by atoms with Crippen molar-refractivity contribution in [2.45, 2.75) is 12.7 Å². The van der Waals surface area contributed by atoms with Gasteiger partial charge in [-0.3, -0.25) is 14.5 Å². The number of halogens is 4. The van der Waals surface area contributed by atoms with Crippen molar-refractivity contribution in [2.75, 3.05) is 6.54 Å². The number of benzene rings is 2. The lowest BCUT2D eigenvalue weighted by atomic mass is 10.1. The molecule has 1 fully saturated rings. The van der Waals surface area contributed by atoms with E-state index >= 15 is 0 Å². The number of ether oxygens (including phenoxy) is 1. The molecular formula is C22H14F4N6O2S.